The molecule has 0 aliphatic carbocycles. The maximum absolute atomic E-state index is 12.9. The predicted octanol–water partition coefficient (Wildman–Crippen LogP) is 4.35. The van der Waals surface area contributed by atoms with Crippen LogP contribution in [0.25, 0.3) is 0 Å². The summed E-state index contributed by atoms with van der Waals surface area (Å²) in [5.41, 5.74) is 2.93. The maximum Gasteiger partial charge on any atom is 0.292 e. The molecule has 0 spiro atoms. The first-order valence-electron chi connectivity index (χ1n) is 11.6. The summed E-state index contributed by atoms with van der Waals surface area (Å²) in [6.45, 7) is 6.77. The van der Waals surface area contributed by atoms with Gasteiger partial charge in [-0.05, 0) is 61.9 Å². The Bertz CT molecular complexity index is 1160. The molecule has 1 N–H and O–H groups in total. The van der Waals surface area contributed by atoms with Crippen LogP contribution in [0.1, 0.15) is 29.8 Å². The third-order valence-corrected chi connectivity index (χ3v) is 5.79. The minimum absolute atomic E-state index is 0.0109. The first kappa shape index (κ1) is 24.0. The zero-order valence-electron chi connectivity index (χ0n) is 19.9. The van der Waals surface area contributed by atoms with Crippen molar-refractivity contribution in [3.05, 3.63) is 88.2 Å². The van der Waals surface area contributed by atoms with Crippen LogP contribution in [0, 0.1) is 10.1 Å². The third-order valence-electron chi connectivity index (χ3n) is 5.79. The van der Waals surface area contributed by atoms with Gasteiger partial charge in [-0.25, -0.2) is 0 Å². The number of pyridine rings is 1. The number of ether oxygens (including phenoxy) is 1. The van der Waals surface area contributed by atoms with Gasteiger partial charge in [0.15, 0.2) is 0 Å². The minimum atomic E-state index is -0.385. The van der Waals surface area contributed by atoms with Crippen LogP contribution in [0.2, 0.25) is 0 Å². The monoisotopic (exact) mass is 475 g/mol. The average molecular weight is 476 g/mol. The second kappa shape index (κ2) is 10.9. The Morgan fingerprint density at radius 2 is 1.86 bits per heavy atom. The lowest BCUT2D eigenvalue weighted by Crippen LogP contribution is -2.48. The van der Waals surface area contributed by atoms with Gasteiger partial charge in [0.1, 0.15) is 11.4 Å². The number of nitro groups is 1. The van der Waals surface area contributed by atoms with Crippen LogP contribution in [0.5, 0.6) is 5.75 Å². The summed E-state index contributed by atoms with van der Waals surface area (Å²) < 4.78 is 5.65. The minimum Gasteiger partial charge on any atom is -0.491 e. The van der Waals surface area contributed by atoms with Crippen molar-refractivity contribution in [2.24, 2.45) is 0 Å². The summed E-state index contributed by atoms with van der Waals surface area (Å²) in [5.74, 6) is 0.732. The molecule has 1 fully saturated rings. The second-order valence-corrected chi connectivity index (χ2v) is 8.64. The smallest absolute Gasteiger partial charge is 0.292 e. The zero-order valence-corrected chi connectivity index (χ0v) is 19.9. The molecule has 1 aromatic heterocycles. The van der Waals surface area contributed by atoms with E-state index in [-0.39, 0.29) is 22.6 Å². The van der Waals surface area contributed by atoms with Crippen molar-refractivity contribution in [3.8, 4) is 5.75 Å². The molecule has 0 bridgehead atoms. The number of amides is 1. The highest BCUT2D eigenvalue weighted by molar-refractivity contribution is 5.94. The molecule has 0 radical (unpaired) electrons. The van der Waals surface area contributed by atoms with E-state index in [0.717, 1.165) is 17.0 Å². The third kappa shape index (κ3) is 6.06. The van der Waals surface area contributed by atoms with Crippen molar-refractivity contribution in [1.82, 2.24) is 9.88 Å². The largest absolute Gasteiger partial charge is 0.491 e. The summed E-state index contributed by atoms with van der Waals surface area (Å²) in [4.78, 5) is 32.2. The Labute approximate surface area is 204 Å². The van der Waals surface area contributed by atoms with Gasteiger partial charge >= 0.3 is 0 Å². The fraction of sp³-hybridized carbons (Fsp3) is 0.308. The number of rotatable bonds is 8. The lowest BCUT2D eigenvalue weighted by Gasteiger charge is -2.36. The van der Waals surface area contributed by atoms with Gasteiger partial charge in [-0.2, -0.15) is 0 Å². The molecule has 0 atom stereocenters. The number of nitrogens with zero attached hydrogens (tertiary/aromatic N) is 4. The Balaban J connectivity index is 1.40. The number of carbonyl (C=O) groups is 1. The summed E-state index contributed by atoms with van der Waals surface area (Å²) in [6.07, 6.45) is 3.49. The van der Waals surface area contributed by atoms with E-state index in [1.807, 2.05) is 43.0 Å². The number of nitrogens with one attached hydrogen (secondary N) is 1. The quantitative estimate of drug-likeness (QED) is 0.382. The molecule has 2 aromatic carbocycles. The Hall–Kier alpha value is -4.14. The molecule has 3 aromatic rings. The molecule has 9 nitrogen and oxygen atoms in total. The molecule has 182 valence electrons. The normalized spacial score (nSPS) is 13.6. The van der Waals surface area contributed by atoms with Crippen LogP contribution in [-0.4, -0.2) is 53.0 Å². The Morgan fingerprint density at radius 1 is 1.11 bits per heavy atom. The van der Waals surface area contributed by atoms with Crippen molar-refractivity contribution < 1.29 is 14.5 Å². The van der Waals surface area contributed by atoms with E-state index in [9.17, 15) is 14.9 Å². The standard InChI is InChI=1S/C26H29N5O4/c1-19(2)35-23-8-5-21(6-9-23)26(32)30-14-12-29(13-15-30)22-7-10-25(31(33)34)24(16-22)28-18-20-4-3-11-27-17-20/h3-11,16-17,19,28H,12-15,18H2,1-2H3. The van der Waals surface area contributed by atoms with Crippen molar-refractivity contribution >= 4 is 23.0 Å². The number of carbonyl (C=O) groups excluding carboxylic acids is 1. The Kier molecular flexibility index (Phi) is 7.45. The predicted molar refractivity (Wildman–Crippen MR) is 135 cm³/mol. The summed E-state index contributed by atoms with van der Waals surface area (Å²) in [7, 11) is 0. The van der Waals surface area contributed by atoms with Gasteiger partial charge in [-0.1, -0.05) is 6.07 Å². The van der Waals surface area contributed by atoms with Gasteiger partial charge in [0.25, 0.3) is 11.6 Å². The number of nitro benzene ring substituents is 1. The van der Waals surface area contributed by atoms with Crippen molar-refractivity contribution in [2.75, 3.05) is 36.4 Å². The molecular formula is C26H29N5O4. The number of anilines is 2. The molecule has 4 rings (SSSR count). The van der Waals surface area contributed by atoms with Crippen LogP contribution < -0.4 is 15.0 Å². The number of piperazine rings is 1. The van der Waals surface area contributed by atoms with Gasteiger partial charge < -0.3 is 19.9 Å². The van der Waals surface area contributed by atoms with E-state index >= 15 is 0 Å². The number of hydrogen-bond acceptors (Lipinski definition) is 7. The molecule has 0 saturated carbocycles. The first-order chi connectivity index (χ1) is 16.9. The van der Waals surface area contributed by atoms with Crippen molar-refractivity contribution in [1.29, 1.82) is 0 Å². The zero-order chi connectivity index (χ0) is 24.8. The van der Waals surface area contributed by atoms with E-state index in [0.29, 0.717) is 44.0 Å². The van der Waals surface area contributed by atoms with Gasteiger partial charge in [-0.15, -0.1) is 0 Å². The van der Waals surface area contributed by atoms with Crippen LogP contribution >= 0.6 is 0 Å². The van der Waals surface area contributed by atoms with Crippen molar-refractivity contribution in [3.63, 3.8) is 0 Å². The molecule has 1 amide bonds. The molecule has 2 heterocycles. The lowest BCUT2D eigenvalue weighted by molar-refractivity contribution is -0.384. The summed E-state index contributed by atoms with van der Waals surface area (Å²) in [5, 5.41) is 14.7. The fourth-order valence-electron chi connectivity index (χ4n) is 4.02. The highest BCUT2D eigenvalue weighted by atomic mass is 16.6. The molecular weight excluding hydrogens is 446 g/mol. The van der Waals surface area contributed by atoms with Crippen LogP contribution in [0.15, 0.2) is 67.0 Å². The first-order valence-corrected chi connectivity index (χ1v) is 11.6. The SMILES string of the molecule is CC(C)Oc1ccc(C(=O)N2CCN(c3ccc([N+](=O)[O-])c(NCc4cccnc4)c3)CC2)cc1. The molecule has 0 unspecified atom stereocenters. The van der Waals surface area contributed by atoms with Crippen LogP contribution in [0.4, 0.5) is 17.1 Å². The van der Waals surface area contributed by atoms with Crippen LogP contribution in [-0.2, 0) is 6.54 Å². The van der Waals surface area contributed by atoms with E-state index < -0.39 is 0 Å². The van der Waals surface area contributed by atoms with E-state index in [4.69, 9.17) is 4.74 Å². The number of aromatic nitrogens is 1. The molecule has 1 aliphatic rings. The molecule has 35 heavy (non-hydrogen) atoms. The van der Waals surface area contributed by atoms with Gasteiger partial charge in [0.05, 0.1) is 11.0 Å². The van der Waals surface area contributed by atoms with Gasteiger partial charge in [0, 0.05) is 62.4 Å². The maximum atomic E-state index is 12.9. The summed E-state index contributed by atoms with van der Waals surface area (Å²) >= 11 is 0. The lowest BCUT2D eigenvalue weighted by atomic mass is 10.1. The fourth-order valence-corrected chi connectivity index (χ4v) is 4.02. The molecule has 1 aliphatic heterocycles. The van der Waals surface area contributed by atoms with Gasteiger partial charge in [0.2, 0.25) is 0 Å². The van der Waals surface area contributed by atoms with E-state index in [2.05, 4.69) is 15.2 Å². The number of benzene rings is 2. The number of hydrogen-bond donors (Lipinski definition) is 1. The highest BCUT2D eigenvalue weighted by Crippen LogP contribution is 2.30. The molecule has 9 heteroatoms. The summed E-state index contributed by atoms with van der Waals surface area (Å²) in [6, 6.07) is 16.1. The Morgan fingerprint density at radius 3 is 2.49 bits per heavy atom. The van der Waals surface area contributed by atoms with Gasteiger partial charge in [-0.3, -0.25) is 19.9 Å². The molecule has 1 saturated heterocycles. The second-order valence-electron chi connectivity index (χ2n) is 8.64. The topological polar surface area (TPSA) is 101 Å². The average Bonchev–Trinajstić information content (AvgIpc) is 2.87. The highest BCUT2D eigenvalue weighted by Gasteiger charge is 2.24. The van der Waals surface area contributed by atoms with E-state index in [1.54, 1.807) is 36.7 Å². The van der Waals surface area contributed by atoms with E-state index in [1.165, 1.54) is 6.07 Å². The van der Waals surface area contributed by atoms with Crippen molar-refractivity contribution in [2.45, 2.75) is 26.5 Å². The van der Waals surface area contributed by atoms with Crippen LogP contribution in [0.3, 0.4) is 0 Å².